The van der Waals surface area contributed by atoms with E-state index in [4.69, 9.17) is 9.94 Å². The maximum Gasteiger partial charge on any atom is 0.235 e. The van der Waals surface area contributed by atoms with Crippen molar-refractivity contribution in [2.45, 2.75) is 25.9 Å². The summed E-state index contributed by atoms with van der Waals surface area (Å²) in [4.78, 5) is 0. The van der Waals surface area contributed by atoms with Crippen molar-refractivity contribution in [2.24, 2.45) is 5.16 Å². The highest BCUT2D eigenvalue weighted by molar-refractivity contribution is 7.92. The van der Waals surface area contributed by atoms with Gasteiger partial charge < -0.3 is 9.94 Å². The third-order valence-corrected chi connectivity index (χ3v) is 4.50. The summed E-state index contributed by atoms with van der Waals surface area (Å²) < 4.78 is 32.1. The second-order valence-corrected chi connectivity index (χ2v) is 6.52. The van der Waals surface area contributed by atoms with Crippen molar-refractivity contribution in [3.8, 4) is 0 Å². The van der Waals surface area contributed by atoms with E-state index in [1.807, 2.05) is 0 Å². The van der Waals surface area contributed by atoms with Gasteiger partial charge in [0.15, 0.2) is 0 Å². The van der Waals surface area contributed by atoms with Crippen molar-refractivity contribution in [2.75, 3.05) is 17.1 Å². The normalized spacial score (nSPS) is 20.1. The quantitative estimate of drug-likeness (QED) is 0.493. The molecule has 1 atom stereocenters. The van der Waals surface area contributed by atoms with Crippen molar-refractivity contribution in [1.82, 2.24) is 0 Å². The van der Waals surface area contributed by atoms with Crippen LogP contribution < -0.4 is 4.72 Å². The predicted octanol–water partition coefficient (Wildman–Crippen LogP) is 1.81. The molecule has 0 amide bonds. The summed E-state index contributed by atoms with van der Waals surface area (Å²) in [5, 5.41) is 11.9. The summed E-state index contributed by atoms with van der Waals surface area (Å²) in [5.41, 5.74) is 1.30. The van der Waals surface area contributed by atoms with E-state index in [2.05, 4.69) is 9.88 Å². The molecule has 0 aliphatic carbocycles. The molecule has 1 aromatic rings. The lowest BCUT2D eigenvalue weighted by atomic mass is 10.1. The zero-order valence-corrected chi connectivity index (χ0v) is 12.1. The van der Waals surface area contributed by atoms with Gasteiger partial charge in [0.1, 0.15) is 0 Å². The molecule has 20 heavy (non-hydrogen) atoms. The molecule has 0 aromatic heterocycles. The molecule has 1 aliphatic heterocycles. The summed E-state index contributed by atoms with van der Waals surface area (Å²) >= 11 is 0. The van der Waals surface area contributed by atoms with Gasteiger partial charge in [-0.2, -0.15) is 0 Å². The molecule has 0 spiro atoms. The highest BCUT2D eigenvalue weighted by atomic mass is 32.2. The molecule has 6 nitrogen and oxygen atoms in total. The van der Waals surface area contributed by atoms with E-state index < -0.39 is 10.0 Å². The third kappa shape index (κ3) is 3.71. The lowest BCUT2D eigenvalue weighted by Gasteiger charge is -2.14. The highest BCUT2D eigenvalue weighted by Gasteiger charge is 2.24. The smallest absolute Gasteiger partial charge is 0.235 e. The summed E-state index contributed by atoms with van der Waals surface area (Å²) in [6.07, 6.45) is 1.42. The number of nitrogens with one attached hydrogen (secondary N) is 1. The molecule has 1 saturated heterocycles. The Morgan fingerprint density at radius 1 is 1.50 bits per heavy atom. The second-order valence-electron chi connectivity index (χ2n) is 4.75. The molecular formula is C13H18N2O4S. The first-order valence-corrected chi connectivity index (χ1v) is 8.07. The highest BCUT2D eigenvalue weighted by Crippen LogP contribution is 2.20. The van der Waals surface area contributed by atoms with E-state index in [9.17, 15) is 8.42 Å². The van der Waals surface area contributed by atoms with Gasteiger partial charge in [-0.25, -0.2) is 8.42 Å². The molecule has 1 heterocycles. The van der Waals surface area contributed by atoms with E-state index in [-0.39, 0.29) is 11.9 Å². The Labute approximate surface area is 118 Å². The minimum atomic E-state index is -3.49. The third-order valence-electron chi connectivity index (χ3n) is 3.16. The Hall–Kier alpha value is -1.60. The van der Waals surface area contributed by atoms with Gasteiger partial charge in [-0.15, -0.1) is 0 Å². The Morgan fingerprint density at radius 3 is 2.90 bits per heavy atom. The van der Waals surface area contributed by atoms with Gasteiger partial charge in [0, 0.05) is 12.2 Å². The van der Waals surface area contributed by atoms with Crippen molar-refractivity contribution in [3.63, 3.8) is 0 Å². The molecule has 1 unspecified atom stereocenters. The summed E-state index contributed by atoms with van der Waals surface area (Å²) in [6, 6.07) is 6.80. The van der Waals surface area contributed by atoms with Gasteiger partial charge in [0.2, 0.25) is 10.0 Å². The van der Waals surface area contributed by atoms with Crippen molar-refractivity contribution in [1.29, 1.82) is 0 Å². The Morgan fingerprint density at radius 2 is 2.25 bits per heavy atom. The maximum absolute atomic E-state index is 12.1. The Kier molecular flexibility index (Phi) is 4.61. The van der Waals surface area contributed by atoms with E-state index in [1.165, 1.54) is 0 Å². The van der Waals surface area contributed by atoms with Crippen LogP contribution in [0.3, 0.4) is 0 Å². The number of hydrogen-bond donors (Lipinski definition) is 2. The molecule has 1 fully saturated rings. The Balaban J connectivity index is 2.16. The standard InChI is InChI=1S/C13H18N2O4S/c1-10(14-16)12-6-2-3-7-13(12)15-20(17,18)9-11-5-4-8-19-11/h2-3,6-7,11,15-16H,4-5,8-9H2,1H3. The molecular weight excluding hydrogens is 280 g/mol. The number of rotatable bonds is 5. The van der Waals surface area contributed by atoms with Crippen molar-refractivity contribution >= 4 is 21.4 Å². The summed E-state index contributed by atoms with van der Waals surface area (Å²) in [5.74, 6) is -0.0589. The number of benzene rings is 1. The van der Waals surface area contributed by atoms with Gasteiger partial charge in [-0.05, 0) is 25.8 Å². The molecule has 2 N–H and O–H groups in total. The van der Waals surface area contributed by atoms with Gasteiger partial charge in [-0.3, -0.25) is 4.72 Å². The summed E-state index contributed by atoms with van der Waals surface area (Å²) in [7, 11) is -3.49. The average Bonchev–Trinajstić information content (AvgIpc) is 2.90. The van der Waals surface area contributed by atoms with Crippen LogP contribution in [0.4, 0.5) is 5.69 Å². The first kappa shape index (κ1) is 14.8. The van der Waals surface area contributed by atoms with Crippen LogP contribution in [-0.2, 0) is 14.8 Å². The first-order chi connectivity index (χ1) is 9.52. The van der Waals surface area contributed by atoms with Crippen LogP contribution in [0, 0.1) is 0 Å². The van der Waals surface area contributed by atoms with E-state index in [1.54, 1.807) is 31.2 Å². The minimum Gasteiger partial charge on any atom is -0.411 e. The minimum absolute atomic E-state index is 0.0589. The van der Waals surface area contributed by atoms with Crippen LogP contribution in [0.1, 0.15) is 25.3 Å². The van der Waals surface area contributed by atoms with Crippen LogP contribution in [0.5, 0.6) is 0 Å². The molecule has 2 rings (SSSR count). The largest absolute Gasteiger partial charge is 0.411 e. The first-order valence-electron chi connectivity index (χ1n) is 6.42. The SMILES string of the molecule is CC(=NO)c1ccccc1NS(=O)(=O)CC1CCCO1. The summed E-state index contributed by atoms with van der Waals surface area (Å²) in [6.45, 7) is 2.22. The van der Waals surface area contributed by atoms with Crippen LogP contribution in [0.25, 0.3) is 0 Å². The number of sulfonamides is 1. The lowest BCUT2D eigenvalue weighted by molar-refractivity contribution is 0.127. The fourth-order valence-corrected chi connectivity index (χ4v) is 3.52. The van der Waals surface area contributed by atoms with Gasteiger partial charge >= 0.3 is 0 Å². The lowest BCUT2D eigenvalue weighted by Crippen LogP contribution is -2.26. The number of nitrogens with zero attached hydrogens (tertiary/aromatic N) is 1. The zero-order chi connectivity index (χ0) is 14.6. The molecule has 110 valence electrons. The monoisotopic (exact) mass is 298 g/mol. The number of anilines is 1. The number of oxime groups is 1. The molecule has 1 aliphatic rings. The topological polar surface area (TPSA) is 88.0 Å². The van der Waals surface area contributed by atoms with E-state index in [0.29, 0.717) is 23.6 Å². The fraction of sp³-hybridized carbons (Fsp3) is 0.462. The van der Waals surface area contributed by atoms with Crippen LogP contribution >= 0.6 is 0 Å². The fourth-order valence-electron chi connectivity index (χ4n) is 2.17. The molecule has 0 radical (unpaired) electrons. The Bertz CT molecular complexity index is 592. The van der Waals surface area contributed by atoms with Gasteiger partial charge in [-0.1, -0.05) is 23.4 Å². The number of para-hydroxylation sites is 1. The van der Waals surface area contributed by atoms with Crippen LogP contribution in [0.2, 0.25) is 0 Å². The zero-order valence-electron chi connectivity index (χ0n) is 11.2. The molecule has 1 aromatic carbocycles. The van der Waals surface area contributed by atoms with E-state index in [0.717, 1.165) is 12.8 Å². The predicted molar refractivity (Wildman–Crippen MR) is 76.8 cm³/mol. The molecule has 7 heteroatoms. The maximum atomic E-state index is 12.1. The van der Waals surface area contributed by atoms with Gasteiger partial charge in [0.05, 0.1) is 23.3 Å². The number of hydrogen-bond acceptors (Lipinski definition) is 5. The van der Waals surface area contributed by atoms with Crippen LogP contribution in [-0.4, -0.2) is 37.8 Å². The van der Waals surface area contributed by atoms with Crippen molar-refractivity contribution in [3.05, 3.63) is 29.8 Å². The van der Waals surface area contributed by atoms with Crippen LogP contribution in [0.15, 0.2) is 29.4 Å². The average molecular weight is 298 g/mol. The second kappa shape index (κ2) is 6.23. The number of ether oxygens (including phenoxy) is 1. The molecule has 0 bridgehead atoms. The van der Waals surface area contributed by atoms with Crippen molar-refractivity contribution < 1.29 is 18.4 Å². The molecule has 0 saturated carbocycles. The van der Waals surface area contributed by atoms with E-state index >= 15 is 0 Å². The van der Waals surface area contributed by atoms with Gasteiger partial charge in [0.25, 0.3) is 0 Å².